The van der Waals surface area contributed by atoms with Gasteiger partial charge in [0.25, 0.3) is 0 Å². The maximum absolute atomic E-state index is 11.4. The van der Waals surface area contributed by atoms with Gasteiger partial charge in [0.2, 0.25) is 0 Å². The third-order valence-corrected chi connectivity index (χ3v) is 6.38. The van der Waals surface area contributed by atoms with Crippen molar-refractivity contribution in [3.05, 3.63) is 66.5 Å². The van der Waals surface area contributed by atoms with Crippen LogP contribution in [0.2, 0.25) is 0 Å². The molecule has 1 heterocycles. The van der Waals surface area contributed by atoms with Crippen molar-refractivity contribution in [1.82, 2.24) is 10.3 Å². The first kappa shape index (κ1) is 26.8. The number of carbonyl (C=O) groups excluding carboxylic acids is 1. The number of phosphoric ester groups is 1. The average Bonchev–Trinajstić information content (AvgIpc) is 2.87. The summed E-state index contributed by atoms with van der Waals surface area (Å²) in [4.78, 5) is 15.3. The molecule has 0 aliphatic rings. The number of pyridine rings is 1. The molecule has 0 atom stereocenters. The molecule has 33 heavy (non-hydrogen) atoms. The van der Waals surface area contributed by atoms with Gasteiger partial charge in [-0.3, -0.25) is 18.6 Å². The Balaban J connectivity index is 0.000000248. The van der Waals surface area contributed by atoms with Gasteiger partial charge in [-0.2, -0.15) is 0 Å². The van der Waals surface area contributed by atoms with Gasteiger partial charge in [0.1, 0.15) is 6.29 Å². The Morgan fingerprint density at radius 2 is 1.67 bits per heavy atom. The van der Waals surface area contributed by atoms with E-state index in [-0.39, 0.29) is 0 Å². The van der Waals surface area contributed by atoms with E-state index >= 15 is 0 Å². The Bertz CT molecular complexity index is 1020. The Kier molecular flexibility index (Phi) is 11.9. The predicted octanol–water partition coefficient (Wildman–Crippen LogP) is 5.44. The fourth-order valence-corrected chi connectivity index (χ4v) is 4.01. The predicted molar refractivity (Wildman–Crippen MR) is 132 cm³/mol. The Hall–Kier alpha value is -2.41. The van der Waals surface area contributed by atoms with E-state index in [9.17, 15) is 9.36 Å². The van der Waals surface area contributed by atoms with Crippen molar-refractivity contribution in [3.63, 3.8) is 0 Å². The minimum Gasteiger partial charge on any atom is -0.320 e. The van der Waals surface area contributed by atoms with Crippen molar-refractivity contribution in [2.75, 3.05) is 34.4 Å². The molecule has 0 saturated heterocycles. The molecule has 0 fully saturated rings. The third-order valence-electron chi connectivity index (χ3n) is 4.99. The van der Waals surface area contributed by atoms with Crippen molar-refractivity contribution in [1.29, 1.82) is 0 Å². The Labute approximate surface area is 196 Å². The lowest BCUT2D eigenvalue weighted by molar-refractivity contribution is -0.107. The van der Waals surface area contributed by atoms with Crippen LogP contribution in [0, 0.1) is 0 Å². The van der Waals surface area contributed by atoms with Crippen LogP contribution in [0.1, 0.15) is 25.0 Å². The SMILES string of the molecule is CNCCCCCOP(=O)(OC)OC.O=CCc1ncc2ccccc2c1-c1ccccc1. The third kappa shape index (κ3) is 8.46. The molecule has 1 aromatic heterocycles. The molecule has 0 aliphatic heterocycles. The summed E-state index contributed by atoms with van der Waals surface area (Å²) in [6, 6.07) is 18.2. The second-order valence-electron chi connectivity index (χ2n) is 7.21. The molecule has 0 spiro atoms. The zero-order chi connectivity index (χ0) is 23.9. The van der Waals surface area contributed by atoms with E-state index in [0.29, 0.717) is 13.0 Å². The molecule has 7 nitrogen and oxygen atoms in total. The molecule has 0 aliphatic carbocycles. The van der Waals surface area contributed by atoms with Gasteiger partial charge in [0.15, 0.2) is 0 Å². The molecule has 0 bridgehead atoms. The highest BCUT2D eigenvalue weighted by molar-refractivity contribution is 7.48. The van der Waals surface area contributed by atoms with Crippen LogP contribution in [-0.4, -0.2) is 45.7 Å². The number of hydrogen-bond donors (Lipinski definition) is 1. The lowest BCUT2D eigenvalue weighted by atomic mass is 9.96. The Morgan fingerprint density at radius 1 is 0.970 bits per heavy atom. The number of carbonyl (C=O) groups is 1. The van der Waals surface area contributed by atoms with E-state index in [4.69, 9.17) is 4.52 Å². The highest BCUT2D eigenvalue weighted by atomic mass is 31.2. The molecule has 0 unspecified atom stereocenters. The lowest BCUT2D eigenvalue weighted by Crippen LogP contribution is -2.07. The molecule has 8 heteroatoms. The number of rotatable bonds is 12. The van der Waals surface area contributed by atoms with Gasteiger partial charge in [-0.25, -0.2) is 4.57 Å². The van der Waals surface area contributed by atoms with E-state index in [0.717, 1.165) is 59.7 Å². The molecule has 0 radical (unpaired) electrons. The Morgan fingerprint density at radius 3 is 2.33 bits per heavy atom. The second-order valence-corrected chi connectivity index (χ2v) is 9.10. The first-order valence-corrected chi connectivity index (χ1v) is 12.4. The zero-order valence-electron chi connectivity index (χ0n) is 19.5. The zero-order valence-corrected chi connectivity index (χ0v) is 20.4. The van der Waals surface area contributed by atoms with E-state index in [1.807, 2.05) is 49.6 Å². The average molecular weight is 473 g/mol. The number of aromatic nitrogens is 1. The van der Waals surface area contributed by atoms with Crippen LogP contribution in [0.25, 0.3) is 21.9 Å². The van der Waals surface area contributed by atoms with Crippen molar-refractivity contribution in [2.45, 2.75) is 25.7 Å². The lowest BCUT2D eigenvalue weighted by Gasteiger charge is -2.12. The fraction of sp³-hybridized carbons (Fsp3) is 0.360. The van der Waals surface area contributed by atoms with E-state index in [2.05, 4.69) is 37.5 Å². The van der Waals surface area contributed by atoms with E-state index in [1.165, 1.54) is 14.2 Å². The maximum Gasteiger partial charge on any atom is 0.474 e. The summed E-state index contributed by atoms with van der Waals surface area (Å²) < 4.78 is 25.6. The van der Waals surface area contributed by atoms with Crippen LogP contribution in [-0.2, 0) is 29.4 Å². The summed E-state index contributed by atoms with van der Waals surface area (Å²) in [7, 11) is 1.29. The maximum atomic E-state index is 11.4. The summed E-state index contributed by atoms with van der Waals surface area (Å²) >= 11 is 0. The molecular formula is C25H33N2O5P. The smallest absolute Gasteiger partial charge is 0.320 e. The number of nitrogens with zero attached hydrogens (tertiary/aromatic N) is 1. The van der Waals surface area contributed by atoms with Crippen LogP contribution >= 0.6 is 7.82 Å². The number of hydrogen-bond acceptors (Lipinski definition) is 7. The van der Waals surface area contributed by atoms with Crippen LogP contribution in [0.3, 0.4) is 0 Å². The van der Waals surface area contributed by atoms with Gasteiger partial charge in [0.05, 0.1) is 12.3 Å². The summed E-state index contributed by atoms with van der Waals surface area (Å²) in [5.41, 5.74) is 2.99. The fourth-order valence-electron chi connectivity index (χ4n) is 3.30. The molecule has 1 N–H and O–H groups in total. The normalized spacial score (nSPS) is 11.1. The number of aldehydes is 1. The summed E-state index contributed by atoms with van der Waals surface area (Å²) in [6.07, 6.45) is 6.07. The largest absolute Gasteiger partial charge is 0.474 e. The molecule has 3 aromatic rings. The first-order valence-electron chi connectivity index (χ1n) is 10.9. The van der Waals surface area contributed by atoms with Crippen molar-refractivity contribution < 1.29 is 22.9 Å². The van der Waals surface area contributed by atoms with Gasteiger partial charge >= 0.3 is 7.82 Å². The van der Waals surface area contributed by atoms with Crippen molar-refractivity contribution in [3.8, 4) is 11.1 Å². The van der Waals surface area contributed by atoms with E-state index in [1.54, 1.807) is 0 Å². The van der Waals surface area contributed by atoms with Gasteiger partial charge in [-0.15, -0.1) is 0 Å². The number of unbranched alkanes of at least 4 members (excludes halogenated alkanes) is 2. The molecule has 3 rings (SSSR count). The van der Waals surface area contributed by atoms with Gasteiger partial charge in [-0.05, 0) is 43.8 Å². The summed E-state index contributed by atoms with van der Waals surface area (Å²) in [5, 5.41) is 5.29. The second kappa shape index (κ2) is 14.7. The van der Waals surface area contributed by atoms with Crippen LogP contribution in [0.5, 0.6) is 0 Å². The standard InChI is InChI=1S/C17H13NO.C8H20NO4P/c19-11-10-16-17(13-6-2-1-3-7-13)15-9-5-4-8-14(15)12-18-16;1-9-7-5-4-6-8-13-14(10,11-2)12-3/h1-9,11-12H,10H2;9H,4-8H2,1-3H3. The highest BCUT2D eigenvalue weighted by Crippen LogP contribution is 2.47. The monoisotopic (exact) mass is 472 g/mol. The number of phosphoric acid groups is 1. The minimum absolute atomic E-state index is 0.342. The number of benzene rings is 2. The summed E-state index contributed by atoms with van der Waals surface area (Å²) in [5.74, 6) is 0. The van der Waals surface area contributed by atoms with Gasteiger partial charge in [-0.1, -0.05) is 54.6 Å². The summed E-state index contributed by atoms with van der Waals surface area (Å²) in [6.45, 7) is 1.40. The van der Waals surface area contributed by atoms with Crippen molar-refractivity contribution >= 4 is 24.9 Å². The molecule has 178 valence electrons. The van der Waals surface area contributed by atoms with Crippen molar-refractivity contribution in [2.24, 2.45) is 0 Å². The molecular weight excluding hydrogens is 439 g/mol. The molecule has 0 saturated carbocycles. The van der Waals surface area contributed by atoms with Crippen LogP contribution in [0.4, 0.5) is 0 Å². The van der Waals surface area contributed by atoms with E-state index < -0.39 is 7.82 Å². The van der Waals surface area contributed by atoms with Gasteiger partial charge in [0, 0.05) is 37.8 Å². The van der Waals surface area contributed by atoms with Crippen LogP contribution < -0.4 is 5.32 Å². The molecule has 2 aromatic carbocycles. The molecule has 0 amide bonds. The minimum atomic E-state index is -3.25. The topological polar surface area (TPSA) is 86.8 Å². The number of nitrogens with one attached hydrogen (secondary N) is 1. The van der Waals surface area contributed by atoms with Gasteiger partial charge < -0.3 is 10.1 Å². The first-order chi connectivity index (χ1) is 16.1. The number of fused-ring (bicyclic) bond motifs is 1. The van der Waals surface area contributed by atoms with Crippen LogP contribution in [0.15, 0.2) is 60.8 Å². The quantitative estimate of drug-likeness (QED) is 0.213. The highest BCUT2D eigenvalue weighted by Gasteiger charge is 2.21.